The summed E-state index contributed by atoms with van der Waals surface area (Å²) >= 11 is 0. The molecule has 0 spiro atoms. The number of methoxy groups -OCH3 is 2. The first-order valence-electron chi connectivity index (χ1n) is 9.15. The summed E-state index contributed by atoms with van der Waals surface area (Å²) in [6, 6.07) is 10.3. The molecule has 0 bridgehead atoms. The lowest BCUT2D eigenvalue weighted by Gasteiger charge is -2.11. The van der Waals surface area contributed by atoms with Crippen molar-refractivity contribution in [1.82, 2.24) is 5.43 Å². The topological polar surface area (TPSA) is 161 Å². The van der Waals surface area contributed by atoms with E-state index < -0.39 is 22.6 Å². The number of nitrogens with zero attached hydrogens (tertiary/aromatic N) is 2. The first-order chi connectivity index (χ1) is 15.2. The second kappa shape index (κ2) is 11.1. The van der Waals surface area contributed by atoms with E-state index in [2.05, 4.69) is 15.7 Å². The minimum Gasteiger partial charge on any atom is -0.497 e. The van der Waals surface area contributed by atoms with Gasteiger partial charge in [0.15, 0.2) is 0 Å². The fraction of sp³-hybridized carbons (Fsp3) is 0.200. The third-order valence-corrected chi connectivity index (χ3v) is 4.00. The van der Waals surface area contributed by atoms with Crippen molar-refractivity contribution in [2.45, 2.75) is 13.3 Å². The number of hydrogen-bond donors (Lipinski definition) is 3. The molecule has 0 aromatic heterocycles. The zero-order chi connectivity index (χ0) is 23.7. The van der Waals surface area contributed by atoms with E-state index in [1.165, 1.54) is 45.4 Å². The van der Waals surface area contributed by atoms with Gasteiger partial charge in [0.2, 0.25) is 5.91 Å². The van der Waals surface area contributed by atoms with E-state index in [9.17, 15) is 24.5 Å². The maximum absolute atomic E-state index is 12.1. The number of amides is 3. The number of rotatable bonds is 8. The van der Waals surface area contributed by atoms with Crippen molar-refractivity contribution in [1.29, 1.82) is 0 Å². The molecule has 2 aromatic rings. The second-order valence-electron chi connectivity index (χ2n) is 6.31. The quantitative estimate of drug-likeness (QED) is 0.243. The SMILES string of the molecule is COc1ccc(OC)c(NC(=O)C(=O)N/N=C(/C)CC(=O)Nc2ccccc2[N+](=O)[O-])c1. The van der Waals surface area contributed by atoms with Gasteiger partial charge < -0.3 is 20.1 Å². The third-order valence-electron chi connectivity index (χ3n) is 4.00. The Bertz CT molecular complexity index is 1070. The predicted molar refractivity (Wildman–Crippen MR) is 116 cm³/mol. The standard InChI is InChI=1S/C20H21N5O7/c1-12(10-18(26)21-14-6-4-5-7-16(14)25(29)30)23-24-20(28)19(27)22-15-11-13(31-2)8-9-17(15)32-3/h4-9,11H,10H2,1-3H3,(H,21,26)(H,22,27)(H,24,28)/b23-12-. The molecule has 12 heteroatoms. The van der Waals surface area contributed by atoms with Crippen molar-refractivity contribution in [3.05, 3.63) is 52.6 Å². The first kappa shape index (κ1) is 23.8. The molecule has 12 nitrogen and oxygen atoms in total. The van der Waals surface area contributed by atoms with E-state index in [0.29, 0.717) is 11.5 Å². The minimum absolute atomic E-state index is 0.0333. The van der Waals surface area contributed by atoms with Crippen molar-refractivity contribution in [3.63, 3.8) is 0 Å². The molecule has 0 radical (unpaired) electrons. The number of anilines is 2. The number of nitro groups is 1. The molecule has 0 heterocycles. The second-order valence-corrected chi connectivity index (χ2v) is 6.31. The molecule has 0 fully saturated rings. The number of carbonyl (C=O) groups excluding carboxylic acids is 3. The molecule has 0 saturated heterocycles. The molecular weight excluding hydrogens is 422 g/mol. The van der Waals surface area contributed by atoms with Crippen LogP contribution in [-0.2, 0) is 14.4 Å². The van der Waals surface area contributed by atoms with E-state index in [-0.39, 0.29) is 29.2 Å². The fourth-order valence-electron chi connectivity index (χ4n) is 2.49. The highest BCUT2D eigenvalue weighted by Gasteiger charge is 2.17. The van der Waals surface area contributed by atoms with Crippen molar-refractivity contribution >= 4 is 40.5 Å². The van der Waals surface area contributed by atoms with Gasteiger partial charge in [-0.25, -0.2) is 5.43 Å². The van der Waals surface area contributed by atoms with Crippen LogP contribution in [0.15, 0.2) is 47.6 Å². The Morgan fingerprint density at radius 3 is 2.38 bits per heavy atom. The summed E-state index contributed by atoms with van der Waals surface area (Å²) in [5.74, 6) is -1.91. The maximum Gasteiger partial charge on any atom is 0.329 e. The number of nitrogens with one attached hydrogen (secondary N) is 3. The summed E-state index contributed by atoms with van der Waals surface area (Å²) < 4.78 is 10.2. The number of carbonyl (C=O) groups is 3. The monoisotopic (exact) mass is 443 g/mol. The molecule has 2 aromatic carbocycles. The highest BCUT2D eigenvalue weighted by atomic mass is 16.6. The van der Waals surface area contributed by atoms with Crippen LogP contribution in [0.4, 0.5) is 17.1 Å². The smallest absolute Gasteiger partial charge is 0.329 e. The summed E-state index contributed by atoms with van der Waals surface area (Å²) in [5.41, 5.74) is 2.21. The maximum atomic E-state index is 12.1. The lowest BCUT2D eigenvalue weighted by Crippen LogP contribution is -2.33. The lowest BCUT2D eigenvalue weighted by molar-refractivity contribution is -0.383. The Balaban J connectivity index is 1.95. The van der Waals surface area contributed by atoms with Crippen LogP contribution < -0.4 is 25.5 Å². The van der Waals surface area contributed by atoms with Crippen molar-refractivity contribution in [3.8, 4) is 11.5 Å². The van der Waals surface area contributed by atoms with Gasteiger partial charge in [0.25, 0.3) is 5.69 Å². The van der Waals surface area contributed by atoms with Gasteiger partial charge >= 0.3 is 11.8 Å². The number of ether oxygens (including phenoxy) is 2. The molecule has 168 valence electrons. The van der Waals surface area contributed by atoms with Gasteiger partial charge in [-0.2, -0.15) is 5.10 Å². The average Bonchev–Trinajstić information content (AvgIpc) is 2.77. The fourth-order valence-corrected chi connectivity index (χ4v) is 2.49. The molecular formula is C20H21N5O7. The van der Waals surface area contributed by atoms with Crippen LogP contribution in [0.25, 0.3) is 0 Å². The van der Waals surface area contributed by atoms with E-state index >= 15 is 0 Å². The van der Waals surface area contributed by atoms with Gasteiger partial charge in [-0.15, -0.1) is 0 Å². The van der Waals surface area contributed by atoms with E-state index in [0.717, 1.165) is 0 Å². The van der Waals surface area contributed by atoms with Crippen LogP contribution in [0, 0.1) is 10.1 Å². The van der Waals surface area contributed by atoms with Crippen LogP contribution in [-0.4, -0.2) is 42.6 Å². The average molecular weight is 443 g/mol. The Labute approximate surface area is 182 Å². The Kier molecular flexibility index (Phi) is 8.22. The van der Waals surface area contributed by atoms with Crippen LogP contribution in [0.2, 0.25) is 0 Å². The molecule has 0 atom stereocenters. The Morgan fingerprint density at radius 2 is 1.72 bits per heavy atom. The molecule has 3 N–H and O–H groups in total. The largest absolute Gasteiger partial charge is 0.497 e. The zero-order valence-electron chi connectivity index (χ0n) is 17.5. The highest BCUT2D eigenvalue weighted by Crippen LogP contribution is 2.28. The number of benzene rings is 2. The molecule has 0 saturated carbocycles. The van der Waals surface area contributed by atoms with Crippen molar-refractivity contribution in [2.75, 3.05) is 24.9 Å². The summed E-state index contributed by atoms with van der Waals surface area (Å²) in [6.45, 7) is 1.45. The molecule has 0 unspecified atom stereocenters. The van der Waals surface area contributed by atoms with E-state index in [1.807, 2.05) is 5.43 Å². The van der Waals surface area contributed by atoms with Crippen LogP contribution in [0.3, 0.4) is 0 Å². The molecule has 0 aliphatic heterocycles. The summed E-state index contributed by atoms with van der Waals surface area (Å²) in [6.07, 6.45) is -0.266. The summed E-state index contributed by atoms with van der Waals surface area (Å²) in [4.78, 5) is 46.7. The molecule has 3 amide bonds. The molecule has 2 rings (SSSR count). The number of hydrogen-bond acceptors (Lipinski definition) is 8. The van der Waals surface area contributed by atoms with Gasteiger partial charge in [0.05, 0.1) is 31.3 Å². The van der Waals surface area contributed by atoms with Gasteiger partial charge in [-0.1, -0.05) is 12.1 Å². The van der Waals surface area contributed by atoms with Crippen LogP contribution in [0.1, 0.15) is 13.3 Å². The summed E-state index contributed by atoms with van der Waals surface area (Å²) in [7, 11) is 2.85. The number of nitro benzene ring substituents is 1. The van der Waals surface area contributed by atoms with E-state index in [4.69, 9.17) is 9.47 Å². The van der Waals surface area contributed by atoms with Crippen LogP contribution in [0.5, 0.6) is 11.5 Å². The third kappa shape index (κ3) is 6.52. The predicted octanol–water partition coefficient (Wildman–Crippen LogP) is 2.07. The number of hydrazone groups is 1. The molecule has 0 aliphatic rings. The van der Waals surface area contributed by atoms with Gasteiger partial charge in [-0.3, -0.25) is 24.5 Å². The molecule has 32 heavy (non-hydrogen) atoms. The summed E-state index contributed by atoms with van der Waals surface area (Å²) in [5, 5.41) is 19.5. The zero-order valence-corrected chi connectivity index (χ0v) is 17.5. The molecule has 0 aliphatic carbocycles. The van der Waals surface area contributed by atoms with Gasteiger partial charge in [-0.05, 0) is 25.1 Å². The highest BCUT2D eigenvalue weighted by molar-refractivity contribution is 6.39. The Hall–Kier alpha value is -4.48. The Morgan fingerprint density at radius 1 is 1.00 bits per heavy atom. The first-order valence-corrected chi connectivity index (χ1v) is 9.15. The lowest BCUT2D eigenvalue weighted by atomic mass is 10.2. The van der Waals surface area contributed by atoms with Crippen LogP contribution >= 0.6 is 0 Å². The normalized spacial score (nSPS) is 10.7. The van der Waals surface area contributed by atoms with Crippen molar-refractivity contribution in [2.24, 2.45) is 5.10 Å². The van der Waals surface area contributed by atoms with E-state index in [1.54, 1.807) is 18.2 Å². The van der Waals surface area contributed by atoms with Gasteiger partial charge in [0, 0.05) is 17.8 Å². The number of para-hydroxylation sites is 2. The minimum atomic E-state index is -1.08. The van der Waals surface area contributed by atoms with Gasteiger partial charge in [0.1, 0.15) is 17.2 Å². The van der Waals surface area contributed by atoms with Crippen molar-refractivity contribution < 1.29 is 28.8 Å².